The summed E-state index contributed by atoms with van der Waals surface area (Å²) in [6.45, 7) is 9.25. The maximum atomic E-state index is 12.5. The molecule has 0 spiro atoms. The molecule has 1 aromatic rings. The highest BCUT2D eigenvalue weighted by molar-refractivity contribution is 7.13. The number of nitrogens with one attached hydrogen (secondary N) is 1. The van der Waals surface area contributed by atoms with E-state index in [0.717, 1.165) is 12.2 Å². The number of carbonyl (C=O) groups excluding carboxylic acids is 2. The molecular formula is C16H28N4O2S. The summed E-state index contributed by atoms with van der Waals surface area (Å²) in [5.41, 5.74) is 0.773. The Kier molecular flexibility index (Phi) is 7.15. The zero-order chi connectivity index (χ0) is 17.6. The Balaban J connectivity index is 2.67. The van der Waals surface area contributed by atoms with Crippen LogP contribution in [0.2, 0.25) is 0 Å². The number of aryl methyl sites for hydroxylation is 1. The van der Waals surface area contributed by atoms with Gasteiger partial charge in [0.15, 0.2) is 5.13 Å². The molecule has 1 N–H and O–H groups in total. The monoisotopic (exact) mass is 340 g/mol. The third-order valence-corrected chi connectivity index (χ3v) is 3.93. The van der Waals surface area contributed by atoms with E-state index in [2.05, 4.69) is 10.3 Å². The van der Waals surface area contributed by atoms with E-state index in [1.807, 2.05) is 52.1 Å². The molecule has 0 aliphatic carbocycles. The van der Waals surface area contributed by atoms with Crippen LogP contribution in [-0.2, 0) is 9.59 Å². The molecule has 0 aliphatic rings. The highest BCUT2D eigenvalue weighted by Crippen LogP contribution is 2.20. The fraction of sp³-hybridized carbons (Fsp3) is 0.688. The van der Waals surface area contributed by atoms with Gasteiger partial charge in [0.25, 0.3) is 0 Å². The Bertz CT molecular complexity index is 534. The molecule has 0 radical (unpaired) electrons. The number of hydrogen-bond acceptors (Lipinski definition) is 5. The second-order valence-electron chi connectivity index (χ2n) is 7.20. The molecule has 1 aromatic heterocycles. The standard InChI is InChI=1S/C16H28N4O2S/c1-12-11-23-15(17-12)18-13(21)10-20(8-7-19(5)6)14(22)9-16(2,3)4/h11H,7-10H2,1-6H3,(H,17,18,21). The first kappa shape index (κ1) is 19.6. The molecule has 0 aromatic carbocycles. The van der Waals surface area contributed by atoms with E-state index in [0.29, 0.717) is 18.1 Å². The van der Waals surface area contributed by atoms with Crippen LogP contribution in [0.5, 0.6) is 0 Å². The van der Waals surface area contributed by atoms with Gasteiger partial charge in [-0.2, -0.15) is 0 Å². The fourth-order valence-electron chi connectivity index (χ4n) is 1.92. The zero-order valence-electron chi connectivity index (χ0n) is 15.0. The van der Waals surface area contributed by atoms with Crippen molar-refractivity contribution in [2.45, 2.75) is 34.1 Å². The van der Waals surface area contributed by atoms with Gasteiger partial charge in [-0.3, -0.25) is 9.59 Å². The molecule has 130 valence electrons. The number of likely N-dealkylation sites (N-methyl/N-ethyl adjacent to an activating group) is 1. The van der Waals surface area contributed by atoms with Gasteiger partial charge in [0, 0.05) is 24.9 Å². The summed E-state index contributed by atoms with van der Waals surface area (Å²) in [6, 6.07) is 0. The number of aromatic nitrogens is 1. The minimum atomic E-state index is -0.208. The molecule has 2 amide bonds. The van der Waals surface area contributed by atoms with Gasteiger partial charge in [-0.05, 0) is 26.4 Å². The predicted molar refractivity (Wildman–Crippen MR) is 94.7 cm³/mol. The summed E-state index contributed by atoms with van der Waals surface area (Å²) in [5, 5.41) is 5.21. The predicted octanol–water partition coefficient (Wildman–Crippen LogP) is 2.22. The lowest BCUT2D eigenvalue weighted by atomic mass is 9.91. The Morgan fingerprint density at radius 3 is 2.39 bits per heavy atom. The fourth-order valence-corrected chi connectivity index (χ4v) is 2.63. The molecule has 0 saturated carbocycles. The van der Waals surface area contributed by atoms with Gasteiger partial charge < -0.3 is 15.1 Å². The van der Waals surface area contributed by atoms with Gasteiger partial charge in [-0.25, -0.2) is 4.98 Å². The molecule has 0 saturated heterocycles. The second kappa shape index (κ2) is 8.40. The van der Waals surface area contributed by atoms with Crippen molar-refractivity contribution in [3.8, 4) is 0 Å². The van der Waals surface area contributed by atoms with Gasteiger partial charge in [-0.15, -0.1) is 11.3 Å². The third-order valence-electron chi connectivity index (χ3n) is 3.05. The van der Waals surface area contributed by atoms with Crippen LogP contribution < -0.4 is 5.32 Å². The Morgan fingerprint density at radius 2 is 1.91 bits per heavy atom. The summed E-state index contributed by atoms with van der Waals surface area (Å²) < 4.78 is 0. The summed E-state index contributed by atoms with van der Waals surface area (Å²) >= 11 is 1.39. The Labute approximate surface area is 142 Å². The molecule has 6 nitrogen and oxygen atoms in total. The number of amides is 2. The van der Waals surface area contributed by atoms with Gasteiger partial charge in [0.05, 0.1) is 12.2 Å². The lowest BCUT2D eigenvalue weighted by molar-refractivity contribution is -0.136. The Hall–Kier alpha value is -1.47. The number of carbonyl (C=O) groups is 2. The summed E-state index contributed by atoms with van der Waals surface area (Å²) in [4.78, 5) is 32.5. The normalized spacial score (nSPS) is 11.6. The van der Waals surface area contributed by atoms with E-state index in [1.165, 1.54) is 11.3 Å². The van der Waals surface area contributed by atoms with Crippen molar-refractivity contribution in [1.29, 1.82) is 0 Å². The van der Waals surface area contributed by atoms with Crippen LogP contribution in [0.4, 0.5) is 5.13 Å². The zero-order valence-corrected chi connectivity index (χ0v) is 15.8. The summed E-state index contributed by atoms with van der Waals surface area (Å²) in [5.74, 6) is -0.204. The van der Waals surface area contributed by atoms with Crippen molar-refractivity contribution in [2.75, 3.05) is 39.0 Å². The summed E-state index contributed by atoms with van der Waals surface area (Å²) in [7, 11) is 3.90. The first-order valence-corrected chi connectivity index (χ1v) is 8.59. The van der Waals surface area contributed by atoms with Crippen molar-refractivity contribution >= 4 is 28.3 Å². The second-order valence-corrected chi connectivity index (χ2v) is 8.06. The molecular weight excluding hydrogens is 312 g/mol. The number of rotatable bonds is 7. The van der Waals surface area contributed by atoms with Gasteiger partial charge >= 0.3 is 0 Å². The minimum absolute atomic E-state index is 0.00446. The van der Waals surface area contributed by atoms with Crippen LogP contribution in [-0.4, -0.2) is 60.3 Å². The van der Waals surface area contributed by atoms with Crippen LogP contribution in [0.1, 0.15) is 32.9 Å². The van der Waals surface area contributed by atoms with E-state index in [-0.39, 0.29) is 23.8 Å². The van der Waals surface area contributed by atoms with E-state index in [4.69, 9.17) is 0 Å². The lowest BCUT2D eigenvalue weighted by Crippen LogP contribution is -2.42. The highest BCUT2D eigenvalue weighted by Gasteiger charge is 2.23. The average Bonchev–Trinajstić information content (AvgIpc) is 2.77. The molecule has 0 atom stereocenters. The van der Waals surface area contributed by atoms with Crippen molar-refractivity contribution in [3.63, 3.8) is 0 Å². The molecule has 1 rings (SSSR count). The molecule has 23 heavy (non-hydrogen) atoms. The van der Waals surface area contributed by atoms with E-state index in [1.54, 1.807) is 4.90 Å². The molecule has 7 heteroatoms. The van der Waals surface area contributed by atoms with Crippen LogP contribution in [0.15, 0.2) is 5.38 Å². The van der Waals surface area contributed by atoms with E-state index in [9.17, 15) is 9.59 Å². The van der Waals surface area contributed by atoms with Gasteiger partial charge in [-0.1, -0.05) is 20.8 Å². The molecule has 1 heterocycles. The van der Waals surface area contributed by atoms with Gasteiger partial charge in [0.2, 0.25) is 11.8 Å². The van der Waals surface area contributed by atoms with Gasteiger partial charge in [0.1, 0.15) is 0 Å². The SMILES string of the molecule is Cc1csc(NC(=O)CN(CCN(C)C)C(=O)CC(C)(C)C)n1. The number of hydrogen-bond donors (Lipinski definition) is 1. The van der Waals surface area contributed by atoms with Crippen molar-refractivity contribution in [1.82, 2.24) is 14.8 Å². The molecule has 0 bridgehead atoms. The van der Waals surface area contributed by atoms with Crippen LogP contribution in [0.25, 0.3) is 0 Å². The maximum absolute atomic E-state index is 12.5. The van der Waals surface area contributed by atoms with Crippen molar-refractivity contribution in [2.24, 2.45) is 5.41 Å². The third kappa shape index (κ3) is 8.08. The largest absolute Gasteiger partial charge is 0.332 e. The van der Waals surface area contributed by atoms with E-state index >= 15 is 0 Å². The summed E-state index contributed by atoms with van der Waals surface area (Å²) in [6.07, 6.45) is 0.421. The lowest BCUT2D eigenvalue weighted by Gasteiger charge is -2.27. The first-order chi connectivity index (χ1) is 10.6. The minimum Gasteiger partial charge on any atom is -0.332 e. The maximum Gasteiger partial charge on any atom is 0.245 e. The number of thiazole rings is 1. The van der Waals surface area contributed by atoms with Crippen LogP contribution in [0, 0.1) is 12.3 Å². The number of anilines is 1. The smallest absolute Gasteiger partial charge is 0.245 e. The first-order valence-electron chi connectivity index (χ1n) is 7.71. The van der Waals surface area contributed by atoms with Crippen molar-refractivity contribution < 1.29 is 9.59 Å². The molecule has 0 unspecified atom stereocenters. The molecule has 0 aliphatic heterocycles. The Morgan fingerprint density at radius 1 is 1.26 bits per heavy atom. The highest BCUT2D eigenvalue weighted by atomic mass is 32.1. The topological polar surface area (TPSA) is 65.5 Å². The average molecular weight is 340 g/mol. The quantitative estimate of drug-likeness (QED) is 0.826. The van der Waals surface area contributed by atoms with Crippen molar-refractivity contribution in [3.05, 3.63) is 11.1 Å². The molecule has 0 fully saturated rings. The van der Waals surface area contributed by atoms with Crippen LogP contribution in [0.3, 0.4) is 0 Å². The number of nitrogens with zero attached hydrogens (tertiary/aromatic N) is 3. The van der Waals surface area contributed by atoms with Crippen LogP contribution >= 0.6 is 11.3 Å². The van der Waals surface area contributed by atoms with E-state index < -0.39 is 0 Å².